The van der Waals surface area contributed by atoms with E-state index in [9.17, 15) is 0 Å². The molecule has 0 fully saturated rings. The SMILES string of the molecule is c1ccc2cc(-c3c4ccccc4c(-c4ccc(-c5ccc6c(c5)c5ccccc5c5c7ccccc7sc65)cc4)c4ccccc34)ccc2c1. The standard InChI is InChI=1S/C50H30S/c1-2-12-34-29-36(26-23-31(34)11-1)48-41-17-7-5-15-39(41)47(40-16-6-8-18-42(40)48)33-24-21-32(22-25-33)35-27-28-43-45(30-35)37-13-3-4-14-38(37)49-44-19-9-10-20-46(44)51-50(43)49/h1-30H. The van der Waals surface area contributed by atoms with Crippen LogP contribution < -0.4 is 0 Å². The lowest BCUT2D eigenvalue weighted by molar-refractivity contribution is 1.63. The van der Waals surface area contributed by atoms with Crippen LogP contribution in [0.4, 0.5) is 0 Å². The number of benzene rings is 10. The van der Waals surface area contributed by atoms with Crippen LogP contribution in [0.1, 0.15) is 0 Å². The summed E-state index contributed by atoms with van der Waals surface area (Å²) < 4.78 is 2.72. The van der Waals surface area contributed by atoms with Crippen molar-refractivity contribution in [2.24, 2.45) is 0 Å². The van der Waals surface area contributed by atoms with Crippen molar-refractivity contribution >= 4 is 85.4 Å². The Morgan fingerprint density at radius 3 is 1.49 bits per heavy atom. The third-order valence-electron chi connectivity index (χ3n) is 10.8. The predicted octanol–water partition coefficient (Wildman–Crippen LogP) is 14.8. The first kappa shape index (κ1) is 28.5. The molecule has 11 rings (SSSR count). The minimum atomic E-state index is 1.22. The molecule has 1 heterocycles. The van der Waals surface area contributed by atoms with E-state index in [0.29, 0.717) is 0 Å². The van der Waals surface area contributed by atoms with Crippen molar-refractivity contribution in [2.45, 2.75) is 0 Å². The quantitative estimate of drug-likeness (QED) is 0.130. The second kappa shape index (κ2) is 11.1. The maximum atomic E-state index is 2.40. The van der Waals surface area contributed by atoms with E-state index in [1.165, 1.54) is 107 Å². The minimum Gasteiger partial charge on any atom is -0.135 e. The van der Waals surface area contributed by atoms with Crippen LogP contribution in [0.15, 0.2) is 182 Å². The fourth-order valence-corrected chi connectivity index (χ4v) is 9.76. The van der Waals surface area contributed by atoms with Crippen LogP contribution in [0.2, 0.25) is 0 Å². The van der Waals surface area contributed by atoms with Crippen LogP contribution >= 0.6 is 11.3 Å². The largest absolute Gasteiger partial charge is 0.135 e. The molecule has 236 valence electrons. The summed E-state index contributed by atoms with van der Waals surface area (Å²) >= 11 is 1.91. The highest BCUT2D eigenvalue weighted by molar-refractivity contribution is 7.27. The fraction of sp³-hybridized carbons (Fsp3) is 0. The average Bonchev–Trinajstić information content (AvgIpc) is 3.60. The normalized spacial score (nSPS) is 11.9. The molecule has 0 N–H and O–H groups in total. The molecule has 1 aromatic heterocycles. The summed E-state index contributed by atoms with van der Waals surface area (Å²) in [6.07, 6.45) is 0. The molecule has 0 saturated heterocycles. The van der Waals surface area contributed by atoms with Gasteiger partial charge in [0.15, 0.2) is 0 Å². The molecule has 0 unspecified atom stereocenters. The summed E-state index contributed by atoms with van der Waals surface area (Å²) in [7, 11) is 0. The van der Waals surface area contributed by atoms with E-state index in [1.54, 1.807) is 0 Å². The highest BCUT2D eigenvalue weighted by Crippen LogP contribution is 2.46. The molecule has 0 nitrogen and oxygen atoms in total. The van der Waals surface area contributed by atoms with E-state index >= 15 is 0 Å². The summed E-state index contributed by atoms with van der Waals surface area (Å²) in [5, 5.41) is 15.6. The highest BCUT2D eigenvalue weighted by atomic mass is 32.1. The summed E-state index contributed by atoms with van der Waals surface area (Å²) in [5.41, 5.74) is 7.52. The van der Waals surface area contributed by atoms with Gasteiger partial charge in [-0.15, -0.1) is 11.3 Å². The van der Waals surface area contributed by atoms with Gasteiger partial charge in [0, 0.05) is 25.6 Å². The van der Waals surface area contributed by atoms with Crippen molar-refractivity contribution in [3.05, 3.63) is 182 Å². The van der Waals surface area contributed by atoms with Crippen molar-refractivity contribution in [3.8, 4) is 33.4 Å². The van der Waals surface area contributed by atoms with Crippen molar-refractivity contribution in [1.29, 1.82) is 0 Å². The van der Waals surface area contributed by atoms with Crippen molar-refractivity contribution in [2.75, 3.05) is 0 Å². The van der Waals surface area contributed by atoms with Gasteiger partial charge in [0.2, 0.25) is 0 Å². The van der Waals surface area contributed by atoms with Gasteiger partial charge in [-0.05, 0) is 100 Å². The lowest BCUT2D eigenvalue weighted by atomic mass is 9.85. The Hall–Kier alpha value is -6.28. The Bertz CT molecular complexity index is 3120. The van der Waals surface area contributed by atoms with Crippen LogP contribution in [-0.2, 0) is 0 Å². The third-order valence-corrected chi connectivity index (χ3v) is 12.0. The number of rotatable bonds is 3. The molecule has 0 amide bonds. The van der Waals surface area contributed by atoms with Gasteiger partial charge in [-0.1, -0.05) is 164 Å². The number of fused-ring (bicyclic) bond motifs is 11. The van der Waals surface area contributed by atoms with Crippen LogP contribution in [0, 0.1) is 0 Å². The van der Waals surface area contributed by atoms with Gasteiger partial charge in [0.1, 0.15) is 0 Å². The maximum absolute atomic E-state index is 2.40. The Labute approximate surface area is 299 Å². The van der Waals surface area contributed by atoms with Crippen molar-refractivity contribution in [1.82, 2.24) is 0 Å². The number of thiophene rings is 1. The van der Waals surface area contributed by atoms with Gasteiger partial charge in [0.05, 0.1) is 0 Å². The summed E-state index contributed by atoms with van der Waals surface area (Å²) in [6, 6.07) is 67.4. The Balaban J connectivity index is 1.08. The summed E-state index contributed by atoms with van der Waals surface area (Å²) in [4.78, 5) is 0. The van der Waals surface area contributed by atoms with Gasteiger partial charge in [-0.2, -0.15) is 0 Å². The molecule has 51 heavy (non-hydrogen) atoms. The van der Waals surface area contributed by atoms with Crippen LogP contribution in [0.3, 0.4) is 0 Å². The lowest BCUT2D eigenvalue weighted by Crippen LogP contribution is -1.91. The zero-order valence-corrected chi connectivity index (χ0v) is 28.5. The average molecular weight is 663 g/mol. The van der Waals surface area contributed by atoms with Gasteiger partial charge in [-0.25, -0.2) is 0 Å². The molecule has 0 aliphatic rings. The molecular weight excluding hydrogens is 633 g/mol. The van der Waals surface area contributed by atoms with Gasteiger partial charge < -0.3 is 0 Å². The molecule has 0 saturated carbocycles. The summed E-state index contributed by atoms with van der Waals surface area (Å²) in [5.74, 6) is 0. The molecule has 0 aliphatic carbocycles. The monoisotopic (exact) mass is 662 g/mol. The molecule has 11 aromatic rings. The topological polar surface area (TPSA) is 0 Å². The van der Waals surface area contributed by atoms with E-state index in [4.69, 9.17) is 0 Å². The Kier molecular flexibility index (Phi) is 6.22. The zero-order chi connectivity index (χ0) is 33.5. The van der Waals surface area contributed by atoms with Crippen molar-refractivity contribution < 1.29 is 0 Å². The smallest absolute Gasteiger partial charge is 0.0440 e. The maximum Gasteiger partial charge on any atom is 0.0440 e. The van der Waals surface area contributed by atoms with E-state index in [-0.39, 0.29) is 0 Å². The van der Waals surface area contributed by atoms with E-state index in [2.05, 4.69) is 182 Å². The molecule has 1 heteroatoms. The molecule has 10 aromatic carbocycles. The number of hydrogen-bond donors (Lipinski definition) is 0. The van der Waals surface area contributed by atoms with E-state index in [0.717, 1.165) is 0 Å². The van der Waals surface area contributed by atoms with Crippen LogP contribution in [0.25, 0.3) is 107 Å². The third kappa shape index (κ3) is 4.32. The predicted molar refractivity (Wildman–Crippen MR) is 223 cm³/mol. The molecule has 0 radical (unpaired) electrons. The van der Waals surface area contributed by atoms with E-state index in [1.807, 2.05) is 11.3 Å². The first-order valence-electron chi connectivity index (χ1n) is 17.6. The molecule has 0 bridgehead atoms. The Morgan fingerprint density at radius 2 is 0.784 bits per heavy atom. The van der Waals surface area contributed by atoms with Crippen LogP contribution in [-0.4, -0.2) is 0 Å². The second-order valence-electron chi connectivity index (χ2n) is 13.6. The highest BCUT2D eigenvalue weighted by Gasteiger charge is 2.18. The molecule has 0 aliphatic heterocycles. The molecule has 0 atom stereocenters. The van der Waals surface area contributed by atoms with E-state index < -0.39 is 0 Å². The fourth-order valence-electron chi connectivity index (χ4n) is 8.51. The van der Waals surface area contributed by atoms with Gasteiger partial charge in [-0.3, -0.25) is 0 Å². The molecular formula is C50H30S. The van der Waals surface area contributed by atoms with Gasteiger partial charge >= 0.3 is 0 Å². The second-order valence-corrected chi connectivity index (χ2v) is 14.6. The van der Waals surface area contributed by atoms with Crippen LogP contribution in [0.5, 0.6) is 0 Å². The first-order valence-corrected chi connectivity index (χ1v) is 18.4. The lowest BCUT2D eigenvalue weighted by Gasteiger charge is -2.18. The summed E-state index contributed by atoms with van der Waals surface area (Å²) in [6.45, 7) is 0. The number of hydrogen-bond acceptors (Lipinski definition) is 1. The molecule has 0 spiro atoms. The Morgan fingerprint density at radius 1 is 0.275 bits per heavy atom. The minimum absolute atomic E-state index is 1.22. The van der Waals surface area contributed by atoms with Gasteiger partial charge in [0.25, 0.3) is 0 Å². The zero-order valence-electron chi connectivity index (χ0n) is 27.7. The van der Waals surface area contributed by atoms with Crippen molar-refractivity contribution in [3.63, 3.8) is 0 Å². The first-order chi connectivity index (χ1) is 25.3.